The number of carbonyl (C=O) groups excluding carboxylic acids is 2. The number of nitrogens with zero attached hydrogens (tertiary/aromatic N) is 1. The Balaban J connectivity index is 1.38. The van der Waals surface area contributed by atoms with Gasteiger partial charge in [0.15, 0.2) is 5.78 Å². The Labute approximate surface area is 323 Å². The first-order chi connectivity index (χ1) is 25.8. The molecule has 7 rings (SSSR count). The van der Waals surface area contributed by atoms with E-state index in [0.29, 0.717) is 79.9 Å². The van der Waals surface area contributed by atoms with Gasteiger partial charge in [0.25, 0.3) is 0 Å². The Morgan fingerprint density at radius 3 is 2.52 bits per heavy atom. The van der Waals surface area contributed by atoms with E-state index in [0.717, 1.165) is 56.1 Å². The molecular formula is C46H65NO7. The molecule has 2 bridgehead atoms. The first-order valence-corrected chi connectivity index (χ1v) is 20.7. The highest BCUT2D eigenvalue weighted by atomic mass is 16.6. The molecule has 0 radical (unpaired) electrons. The Hall–Kier alpha value is -3.20. The number of aliphatic hydroxyl groups is 2. The van der Waals surface area contributed by atoms with Crippen LogP contribution in [-0.4, -0.2) is 77.7 Å². The number of hydrogen-bond acceptors (Lipinski definition) is 7. The second-order valence-electron chi connectivity index (χ2n) is 17.8. The van der Waals surface area contributed by atoms with E-state index < -0.39 is 17.1 Å². The second kappa shape index (κ2) is 17.3. The van der Waals surface area contributed by atoms with Crippen molar-refractivity contribution in [3.63, 3.8) is 0 Å². The van der Waals surface area contributed by atoms with E-state index in [-0.39, 0.29) is 36.5 Å². The second-order valence-corrected chi connectivity index (χ2v) is 17.8. The maximum Gasteiger partial charge on any atom is 0.410 e. The van der Waals surface area contributed by atoms with Crippen LogP contribution in [0.1, 0.15) is 138 Å². The quantitative estimate of drug-likeness (QED) is 0.195. The summed E-state index contributed by atoms with van der Waals surface area (Å²) in [5, 5.41) is 24.2. The van der Waals surface area contributed by atoms with E-state index in [1.807, 2.05) is 12.1 Å². The highest BCUT2D eigenvalue weighted by Crippen LogP contribution is 2.59. The van der Waals surface area contributed by atoms with Gasteiger partial charge >= 0.3 is 6.09 Å². The third-order valence-electron chi connectivity index (χ3n) is 13.6. The molecule has 2 aromatic rings. The zero-order valence-electron chi connectivity index (χ0n) is 33.6. The Morgan fingerprint density at radius 2 is 1.81 bits per heavy atom. The van der Waals surface area contributed by atoms with E-state index in [1.165, 1.54) is 5.57 Å². The van der Waals surface area contributed by atoms with Crippen LogP contribution in [0.4, 0.5) is 4.79 Å². The number of methoxy groups -OCH3 is 1. The van der Waals surface area contributed by atoms with Crippen LogP contribution >= 0.6 is 0 Å². The van der Waals surface area contributed by atoms with E-state index in [4.69, 9.17) is 14.2 Å². The molecule has 3 fully saturated rings. The Bertz CT molecular complexity index is 1630. The van der Waals surface area contributed by atoms with Crippen molar-refractivity contribution >= 4 is 11.9 Å². The van der Waals surface area contributed by atoms with Crippen LogP contribution in [-0.2, 0) is 15.9 Å². The van der Waals surface area contributed by atoms with Gasteiger partial charge in [-0.05, 0) is 143 Å². The van der Waals surface area contributed by atoms with E-state index >= 15 is 0 Å². The number of allylic oxidation sites excluding steroid dienone is 2. The standard InChI is InChI=1S/C46H65NO7/c1-30(2)38-19-12-32(4)25-42(38)54-44(50)47(28-37-10-8-24-53-37)29-46(51)23-21-41-39-20-13-33(26-35(48)16-11-31(3)9-7-22-45(41,46)5)27-40(39)43(49)34-14-17-36(52-6)18-15-34/h9,13-15,17-18,20,27,30,32,35,37-38,41-42,48,51H,7-8,10-12,16,19,21-26,28-29H2,1-6H3. The van der Waals surface area contributed by atoms with Gasteiger partial charge in [0.1, 0.15) is 11.9 Å². The summed E-state index contributed by atoms with van der Waals surface area (Å²) < 4.78 is 17.9. The van der Waals surface area contributed by atoms with Gasteiger partial charge in [-0.25, -0.2) is 4.79 Å². The van der Waals surface area contributed by atoms with Crippen molar-refractivity contribution in [2.45, 2.75) is 141 Å². The van der Waals surface area contributed by atoms with Gasteiger partial charge in [-0.1, -0.05) is 57.9 Å². The summed E-state index contributed by atoms with van der Waals surface area (Å²) in [7, 11) is 1.61. The number of carbonyl (C=O) groups is 2. The van der Waals surface area contributed by atoms with Gasteiger partial charge in [0.2, 0.25) is 0 Å². The van der Waals surface area contributed by atoms with Crippen LogP contribution in [0.5, 0.6) is 5.75 Å². The number of benzene rings is 2. The van der Waals surface area contributed by atoms with Crippen LogP contribution in [0, 0.1) is 23.2 Å². The molecule has 0 aromatic heterocycles. The molecule has 4 aliphatic carbocycles. The molecule has 8 nitrogen and oxygen atoms in total. The molecule has 8 atom stereocenters. The molecule has 2 aromatic carbocycles. The predicted octanol–water partition coefficient (Wildman–Crippen LogP) is 9.04. The topological polar surface area (TPSA) is 106 Å². The van der Waals surface area contributed by atoms with Gasteiger partial charge in [-0.3, -0.25) is 4.79 Å². The summed E-state index contributed by atoms with van der Waals surface area (Å²) in [5.41, 5.74) is 2.29. The first kappa shape index (κ1) is 40.5. The lowest BCUT2D eigenvalue weighted by molar-refractivity contribution is -0.0908. The summed E-state index contributed by atoms with van der Waals surface area (Å²) in [6.07, 6.45) is 10.4. The first-order valence-electron chi connectivity index (χ1n) is 20.7. The zero-order valence-corrected chi connectivity index (χ0v) is 33.6. The smallest absolute Gasteiger partial charge is 0.410 e. The van der Waals surface area contributed by atoms with Gasteiger partial charge in [-0.2, -0.15) is 0 Å². The third-order valence-corrected chi connectivity index (χ3v) is 13.6. The minimum Gasteiger partial charge on any atom is -0.497 e. The molecule has 2 N–H and O–H groups in total. The average Bonchev–Trinajstić information content (AvgIpc) is 3.75. The van der Waals surface area contributed by atoms with Crippen LogP contribution < -0.4 is 4.74 Å². The fraction of sp³-hybridized carbons (Fsp3) is 0.652. The third kappa shape index (κ3) is 8.92. The summed E-state index contributed by atoms with van der Waals surface area (Å²) in [5.74, 6) is 1.65. The van der Waals surface area contributed by atoms with Crippen LogP contribution in [0.25, 0.3) is 0 Å². The summed E-state index contributed by atoms with van der Waals surface area (Å²) in [4.78, 5) is 30.6. The number of ketones is 1. The molecule has 0 spiro atoms. The lowest BCUT2D eigenvalue weighted by atomic mass is 9.64. The molecule has 1 saturated heterocycles. The maximum atomic E-state index is 14.5. The molecule has 54 heavy (non-hydrogen) atoms. The molecule has 8 heteroatoms. The van der Waals surface area contributed by atoms with Crippen molar-refractivity contribution in [2.24, 2.45) is 23.2 Å². The van der Waals surface area contributed by atoms with E-state index in [9.17, 15) is 19.8 Å². The lowest BCUT2D eigenvalue weighted by Gasteiger charge is -2.46. The molecular weight excluding hydrogens is 679 g/mol. The van der Waals surface area contributed by atoms with Crippen LogP contribution in [0.3, 0.4) is 0 Å². The van der Waals surface area contributed by atoms with Gasteiger partial charge in [-0.15, -0.1) is 0 Å². The van der Waals surface area contributed by atoms with E-state index in [2.05, 4.69) is 46.8 Å². The number of amides is 1. The minimum atomic E-state index is -1.25. The predicted molar refractivity (Wildman–Crippen MR) is 212 cm³/mol. The molecule has 1 amide bonds. The number of rotatable bonds is 9. The summed E-state index contributed by atoms with van der Waals surface area (Å²) in [6.45, 7) is 12.2. The zero-order chi connectivity index (χ0) is 38.6. The molecule has 1 heterocycles. The van der Waals surface area contributed by atoms with Crippen molar-refractivity contribution < 1.29 is 34.0 Å². The monoisotopic (exact) mass is 743 g/mol. The Morgan fingerprint density at radius 1 is 1.04 bits per heavy atom. The minimum absolute atomic E-state index is 0.0883. The summed E-state index contributed by atoms with van der Waals surface area (Å²) >= 11 is 0. The van der Waals surface area contributed by atoms with Gasteiger partial charge < -0.3 is 29.3 Å². The van der Waals surface area contributed by atoms with Crippen molar-refractivity contribution in [1.82, 2.24) is 4.90 Å². The van der Waals surface area contributed by atoms with Crippen LogP contribution in [0.2, 0.25) is 0 Å². The van der Waals surface area contributed by atoms with Crippen LogP contribution in [0.15, 0.2) is 54.1 Å². The number of ether oxygens (including phenoxy) is 3. The van der Waals surface area contributed by atoms with Crippen molar-refractivity contribution in [2.75, 3.05) is 26.8 Å². The lowest BCUT2D eigenvalue weighted by Crippen LogP contribution is -2.55. The fourth-order valence-electron chi connectivity index (χ4n) is 10.1. The summed E-state index contributed by atoms with van der Waals surface area (Å²) in [6, 6.07) is 13.3. The molecule has 5 aliphatic rings. The Kier molecular flexibility index (Phi) is 13.0. The maximum absolute atomic E-state index is 14.5. The largest absolute Gasteiger partial charge is 0.497 e. The van der Waals surface area contributed by atoms with E-state index in [1.54, 1.807) is 36.3 Å². The molecule has 8 unspecified atom stereocenters. The fourth-order valence-corrected chi connectivity index (χ4v) is 10.1. The number of fused-ring (bicyclic) bond motifs is 8. The average molecular weight is 744 g/mol. The number of aliphatic hydroxyl groups excluding tert-OH is 1. The molecule has 2 saturated carbocycles. The van der Waals surface area contributed by atoms with Gasteiger partial charge in [0, 0.05) is 23.1 Å². The number of hydrogen-bond donors (Lipinski definition) is 2. The SMILES string of the molecule is COc1ccc(C(=O)c2cc3ccc2C2CCC(O)(CN(CC4CCCO4)C(=O)OC4CC(C)CCC4C(C)C)C2(C)CCC=C(C)CCC(O)C3)cc1. The van der Waals surface area contributed by atoms with Crippen molar-refractivity contribution in [3.05, 3.63) is 76.4 Å². The highest BCUT2D eigenvalue weighted by molar-refractivity contribution is 6.10. The normalized spacial score (nSPS) is 31.8. The van der Waals surface area contributed by atoms with Crippen molar-refractivity contribution in [3.8, 4) is 5.75 Å². The molecule has 296 valence electrons. The van der Waals surface area contributed by atoms with Crippen molar-refractivity contribution in [1.29, 1.82) is 0 Å². The highest BCUT2D eigenvalue weighted by Gasteiger charge is 2.58. The molecule has 1 aliphatic heterocycles. The van der Waals surface area contributed by atoms with Gasteiger partial charge in [0.05, 0.1) is 38.0 Å².